The largest absolute Gasteiger partial charge is 0.301 e. The number of benzene rings is 3. The minimum Gasteiger partial charge on any atom is -0.301 e. The van der Waals surface area contributed by atoms with Crippen LogP contribution in [0.3, 0.4) is 0 Å². The van der Waals surface area contributed by atoms with Crippen LogP contribution in [0.4, 0.5) is 10.8 Å². The number of rotatable bonds is 8. The summed E-state index contributed by atoms with van der Waals surface area (Å²) in [5, 5.41) is 6.38. The molecule has 0 saturated carbocycles. The molecule has 0 atom stereocenters. The lowest BCUT2D eigenvalue weighted by atomic mass is 9.99. The van der Waals surface area contributed by atoms with E-state index in [0.29, 0.717) is 11.7 Å². The topological polar surface area (TPSA) is 45.2 Å². The van der Waals surface area contributed by atoms with Gasteiger partial charge in [-0.25, -0.2) is 4.98 Å². The SMILES string of the molecule is CCc1ccccc1N(C(C)=O)c1nc(CNC(c2ccccc2)c2ccccc2)cs1. The average molecular weight is 442 g/mol. The van der Waals surface area contributed by atoms with E-state index >= 15 is 0 Å². The molecule has 162 valence electrons. The van der Waals surface area contributed by atoms with Gasteiger partial charge < -0.3 is 5.32 Å². The molecule has 0 aliphatic heterocycles. The van der Waals surface area contributed by atoms with Crippen molar-refractivity contribution in [1.82, 2.24) is 10.3 Å². The summed E-state index contributed by atoms with van der Waals surface area (Å²) in [5.74, 6) is -0.0359. The van der Waals surface area contributed by atoms with Crippen LogP contribution in [0.15, 0.2) is 90.3 Å². The number of carbonyl (C=O) groups is 1. The first-order valence-electron chi connectivity index (χ1n) is 10.8. The highest BCUT2D eigenvalue weighted by atomic mass is 32.1. The van der Waals surface area contributed by atoms with Gasteiger partial charge in [-0.1, -0.05) is 85.8 Å². The van der Waals surface area contributed by atoms with E-state index in [-0.39, 0.29) is 11.9 Å². The van der Waals surface area contributed by atoms with E-state index in [4.69, 9.17) is 4.98 Å². The van der Waals surface area contributed by atoms with Gasteiger partial charge in [-0.2, -0.15) is 0 Å². The van der Waals surface area contributed by atoms with Crippen LogP contribution >= 0.6 is 11.3 Å². The molecule has 4 rings (SSSR count). The van der Waals surface area contributed by atoms with Gasteiger partial charge in [0.25, 0.3) is 0 Å². The molecule has 1 heterocycles. The maximum atomic E-state index is 12.5. The molecule has 0 radical (unpaired) electrons. The number of hydrogen-bond donors (Lipinski definition) is 1. The minimum atomic E-state index is -0.0359. The summed E-state index contributed by atoms with van der Waals surface area (Å²) >= 11 is 1.50. The third-order valence-electron chi connectivity index (χ3n) is 5.41. The molecule has 0 aliphatic carbocycles. The number of anilines is 2. The molecule has 1 N–H and O–H groups in total. The van der Waals surface area contributed by atoms with Gasteiger partial charge in [0, 0.05) is 18.8 Å². The van der Waals surface area contributed by atoms with E-state index in [1.807, 2.05) is 35.7 Å². The van der Waals surface area contributed by atoms with Crippen LogP contribution in [-0.4, -0.2) is 10.9 Å². The first-order valence-corrected chi connectivity index (χ1v) is 11.7. The van der Waals surface area contributed by atoms with Crippen molar-refractivity contribution in [2.45, 2.75) is 32.9 Å². The summed E-state index contributed by atoms with van der Waals surface area (Å²) in [4.78, 5) is 19.1. The Kier molecular flexibility index (Phi) is 7.10. The Morgan fingerprint density at radius 1 is 0.938 bits per heavy atom. The third-order valence-corrected chi connectivity index (χ3v) is 6.29. The van der Waals surface area contributed by atoms with Gasteiger partial charge in [-0.15, -0.1) is 11.3 Å². The zero-order chi connectivity index (χ0) is 22.3. The van der Waals surface area contributed by atoms with Crippen molar-refractivity contribution in [1.29, 1.82) is 0 Å². The second kappa shape index (κ2) is 10.4. The zero-order valence-electron chi connectivity index (χ0n) is 18.4. The molecule has 0 saturated heterocycles. The zero-order valence-corrected chi connectivity index (χ0v) is 19.2. The van der Waals surface area contributed by atoms with Gasteiger partial charge >= 0.3 is 0 Å². The molecule has 1 aromatic heterocycles. The molecule has 0 spiro atoms. The summed E-state index contributed by atoms with van der Waals surface area (Å²) in [7, 11) is 0. The Labute approximate surface area is 193 Å². The Bertz CT molecular complexity index is 1120. The molecule has 0 unspecified atom stereocenters. The predicted octanol–water partition coefficient (Wildman–Crippen LogP) is 6.27. The minimum absolute atomic E-state index is 0.0359. The van der Waals surface area contributed by atoms with E-state index in [0.717, 1.165) is 23.4 Å². The molecular weight excluding hydrogens is 414 g/mol. The average Bonchev–Trinajstić information content (AvgIpc) is 3.29. The fraction of sp³-hybridized carbons (Fsp3) is 0.185. The number of thiazole rings is 1. The molecule has 1 amide bonds. The van der Waals surface area contributed by atoms with Crippen molar-refractivity contribution in [3.8, 4) is 0 Å². The Hall–Kier alpha value is -3.28. The lowest BCUT2D eigenvalue weighted by Gasteiger charge is -2.21. The van der Waals surface area contributed by atoms with Gasteiger partial charge in [-0.3, -0.25) is 9.69 Å². The number of para-hydroxylation sites is 1. The van der Waals surface area contributed by atoms with Gasteiger partial charge in [0.1, 0.15) is 0 Å². The lowest BCUT2D eigenvalue weighted by Crippen LogP contribution is -2.24. The first kappa shape index (κ1) is 21.9. The van der Waals surface area contributed by atoms with Crippen LogP contribution in [0.2, 0.25) is 0 Å². The Morgan fingerprint density at radius 2 is 1.53 bits per heavy atom. The maximum Gasteiger partial charge on any atom is 0.230 e. The maximum absolute atomic E-state index is 12.5. The molecule has 4 aromatic rings. The van der Waals surface area contributed by atoms with Crippen molar-refractivity contribution < 1.29 is 4.79 Å². The normalized spacial score (nSPS) is 11.0. The van der Waals surface area contributed by atoms with Crippen LogP contribution in [0.5, 0.6) is 0 Å². The van der Waals surface area contributed by atoms with Crippen molar-refractivity contribution in [2.24, 2.45) is 0 Å². The first-order chi connectivity index (χ1) is 15.7. The summed E-state index contributed by atoms with van der Waals surface area (Å²) in [6, 6.07) is 28.9. The molecule has 0 aliphatic rings. The number of aryl methyl sites for hydroxylation is 1. The van der Waals surface area contributed by atoms with E-state index < -0.39 is 0 Å². The van der Waals surface area contributed by atoms with Crippen LogP contribution in [-0.2, 0) is 17.8 Å². The highest BCUT2D eigenvalue weighted by molar-refractivity contribution is 7.14. The monoisotopic (exact) mass is 441 g/mol. The van der Waals surface area contributed by atoms with Crippen molar-refractivity contribution >= 4 is 28.1 Å². The number of nitrogens with zero attached hydrogens (tertiary/aromatic N) is 2. The second-order valence-electron chi connectivity index (χ2n) is 7.59. The summed E-state index contributed by atoms with van der Waals surface area (Å²) in [6.07, 6.45) is 0.857. The third kappa shape index (κ3) is 4.96. The van der Waals surface area contributed by atoms with E-state index in [1.165, 1.54) is 22.5 Å². The molecule has 0 bridgehead atoms. The number of aromatic nitrogens is 1. The fourth-order valence-electron chi connectivity index (χ4n) is 3.84. The molecule has 32 heavy (non-hydrogen) atoms. The Balaban J connectivity index is 1.57. The number of nitrogens with one attached hydrogen (secondary N) is 1. The van der Waals surface area contributed by atoms with Crippen molar-refractivity contribution in [3.05, 3.63) is 113 Å². The smallest absolute Gasteiger partial charge is 0.230 e. The predicted molar refractivity (Wildman–Crippen MR) is 132 cm³/mol. The highest BCUT2D eigenvalue weighted by Gasteiger charge is 2.21. The van der Waals surface area contributed by atoms with Crippen molar-refractivity contribution in [2.75, 3.05) is 4.90 Å². The van der Waals surface area contributed by atoms with Crippen LogP contribution in [0, 0.1) is 0 Å². The molecule has 3 aromatic carbocycles. The van der Waals surface area contributed by atoms with Crippen LogP contribution < -0.4 is 10.2 Å². The summed E-state index contributed by atoms with van der Waals surface area (Å²) in [5.41, 5.74) is 5.36. The van der Waals surface area contributed by atoms with Gasteiger partial charge in [0.05, 0.1) is 17.4 Å². The van der Waals surface area contributed by atoms with E-state index in [2.05, 4.69) is 66.8 Å². The Morgan fingerprint density at radius 3 is 2.12 bits per heavy atom. The van der Waals surface area contributed by atoms with Crippen LogP contribution in [0.25, 0.3) is 0 Å². The van der Waals surface area contributed by atoms with Crippen LogP contribution in [0.1, 0.15) is 42.3 Å². The van der Waals surface area contributed by atoms with Gasteiger partial charge in [0.2, 0.25) is 5.91 Å². The molecule has 0 fully saturated rings. The van der Waals surface area contributed by atoms with Crippen molar-refractivity contribution in [3.63, 3.8) is 0 Å². The molecule has 5 heteroatoms. The highest BCUT2D eigenvalue weighted by Crippen LogP contribution is 2.32. The van der Waals surface area contributed by atoms with Gasteiger partial charge in [-0.05, 0) is 29.2 Å². The molecular formula is C27H27N3OS. The number of hydrogen-bond acceptors (Lipinski definition) is 4. The quantitative estimate of drug-likeness (QED) is 0.350. The second-order valence-corrected chi connectivity index (χ2v) is 8.43. The van der Waals surface area contributed by atoms with E-state index in [1.54, 1.807) is 11.8 Å². The summed E-state index contributed by atoms with van der Waals surface area (Å²) in [6.45, 7) is 4.29. The number of carbonyl (C=O) groups excluding carboxylic acids is 1. The number of amides is 1. The van der Waals surface area contributed by atoms with E-state index in [9.17, 15) is 4.79 Å². The lowest BCUT2D eigenvalue weighted by molar-refractivity contribution is -0.115. The standard InChI is InChI=1S/C27H27N3OS/c1-3-21-12-10-11-17-25(21)30(20(2)31)27-29-24(19-32-27)18-28-26(22-13-6-4-7-14-22)23-15-8-5-9-16-23/h4-17,19,26,28H,3,18H2,1-2H3. The summed E-state index contributed by atoms with van der Waals surface area (Å²) < 4.78 is 0. The van der Waals surface area contributed by atoms with Gasteiger partial charge in [0.15, 0.2) is 5.13 Å². The molecule has 4 nitrogen and oxygen atoms in total. The fourth-order valence-corrected chi connectivity index (χ4v) is 4.72.